The summed E-state index contributed by atoms with van der Waals surface area (Å²) in [5, 5.41) is 23.3. The minimum absolute atomic E-state index is 0.0144. The highest BCUT2D eigenvalue weighted by Gasteiger charge is 2.18. The molecule has 0 saturated heterocycles. The van der Waals surface area contributed by atoms with Crippen LogP contribution in [-0.4, -0.2) is 47.4 Å². The van der Waals surface area contributed by atoms with E-state index in [4.69, 9.17) is 4.74 Å². The van der Waals surface area contributed by atoms with E-state index in [1.807, 2.05) is 6.08 Å². The monoisotopic (exact) mass is 1210 g/mol. The van der Waals surface area contributed by atoms with E-state index in [2.05, 4.69) is 31.3 Å². The molecule has 0 aliphatic heterocycles. The molecule has 0 aromatic rings. The summed E-state index contributed by atoms with van der Waals surface area (Å²) in [6.45, 7) is 4.95. The van der Waals surface area contributed by atoms with Crippen molar-refractivity contribution < 1.29 is 24.5 Å². The van der Waals surface area contributed by atoms with Crippen molar-refractivity contribution in [2.45, 2.75) is 463 Å². The van der Waals surface area contributed by atoms with Gasteiger partial charge in [0.25, 0.3) is 0 Å². The molecule has 0 aromatic carbocycles. The van der Waals surface area contributed by atoms with Crippen LogP contribution in [0.4, 0.5) is 0 Å². The minimum Gasteiger partial charge on any atom is -0.466 e. The molecule has 0 bridgehead atoms. The molecule has 6 nitrogen and oxygen atoms in total. The summed E-state index contributed by atoms with van der Waals surface area (Å²) in [5.74, 6) is -0.0439. The molecule has 0 aromatic heterocycles. The molecule has 2 unspecified atom stereocenters. The number of rotatable bonds is 75. The van der Waals surface area contributed by atoms with E-state index in [1.54, 1.807) is 6.08 Å². The van der Waals surface area contributed by atoms with Gasteiger partial charge in [-0.05, 0) is 57.8 Å². The molecule has 0 saturated carbocycles. The number of unbranched alkanes of at least 4 members (excludes halogenated alkanes) is 62. The SMILES string of the molecule is CCCCCCCC/C=C\CCCCCCCC(=O)OCCCCCCCCCCCCCCCCCCCCCCCCCCCCCCCCCCCC(=O)NC(CO)C(O)/C=C/CCCCCCCCCCCCCCCCCCCCC. The molecule has 0 heterocycles. The highest BCUT2D eigenvalue weighted by molar-refractivity contribution is 5.76. The van der Waals surface area contributed by atoms with Crippen LogP contribution in [0.2, 0.25) is 0 Å². The Morgan fingerprint density at radius 1 is 0.314 bits per heavy atom. The quantitative estimate of drug-likeness (QED) is 0.0320. The molecule has 3 N–H and O–H groups in total. The predicted octanol–water partition coefficient (Wildman–Crippen LogP) is 26.0. The summed E-state index contributed by atoms with van der Waals surface area (Å²) in [7, 11) is 0. The molecule has 0 fully saturated rings. The van der Waals surface area contributed by atoms with E-state index in [0.29, 0.717) is 19.4 Å². The Morgan fingerprint density at radius 2 is 0.547 bits per heavy atom. The smallest absolute Gasteiger partial charge is 0.305 e. The predicted molar refractivity (Wildman–Crippen MR) is 380 cm³/mol. The number of hydrogen-bond donors (Lipinski definition) is 3. The third-order valence-electron chi connectivity index (χ3n) is 18.7. The Labute approximate surface area is 539 Å². The lowest BCUT2D eigenvalue weighted by Gasteiger charge is -2.20. The van der Waals surface area contributed by atoms with E-state index in [-0.39, 0.29) is 18.5 Å². The third kappa shape index (κ3) is 71.4. The van der Waals surface area contributed by atoms with Crippen LogP contribution in [-0.2, 0) is 14.3 Å². The van der Waals surface area contributed by atoms with Gasteiger partial charge in [0, 0.05) is 12.8 Å². The molecule has 0 rings (SSSR count). The topological polar surface area (TPSA) is 95.9 Å². The average Bonchev–Trinajstić information content (AvgIpc) is 3.53. The maximum Gasteiger partial charge on any atom is 0.305 e. The van der Waals surface area contributed by atoms with Crippen LogP contribution in [0.1, 0.15) is 450 Å². The van der Waals surface area contributed by atoms with Crippen molar-refractivity contribution in [2.24, 2.45) is 0 Å². The molecule has 0 aliphatic rings. The first kappa shape index (κ1) is 84.3. The summed E-state index contributed by atoms with van der Waals surface area (Å²) in [4.78, 5) is 24.6. The molecule has 86 heavy (non-hydrogen) atoms. The highest BCUT2D eigenvalue weighted by Crippen LogP contribution is 2.20. The van der Waals surface area contributed by atoms with E-state index < -0.39 is 12.1 Å². The molecule has 510 valence electrons. The second kappa shape index (κ2) is 75.8. The fraction of sp³-hybridized carbons (Fsp3) is 0.925. The Bertz CT molecular complexity index is 1350. The van der Waals surface area contributed by atoms with Crippen LogP contribution in [0.3, 0.4) is 0 Å². The van der Waals surface area contributed by atoms with Crippen molar-refractivity contribution in [1.29, 1.82) is 0 Å². The van der Waals surface area contributed by atoms with E-state index in [1.165, 1.54) is 379 Å². The van der Waals surface area contributed by atoms with E-state index >= 15 is 0 Å². The number of aliphatic hydroxyl groups is 2. The van der Waals surface area contributed by atoms with Crippen LogP contribution in [0.15, 0.2) is 24.3 Å². The Hall–Kier alpha value is -1.66. The van der Waals surface area contributed by atoms with Crippen molar-refractivity contribution in [3.05, 3.63) is 24.3 Å². The summed E-state index contributed by atoms with van der Waals surface area (Å²) in [5.41, 5.74) is 0. The number of nitrogens with one attached hydrogen (secondary N) is 1. The van der Waals surface area contributed by atoms with Gasteiger partial charge in [-0.3, -0.25) is 9.59 Å². The van der Waals surface area contributed by atoms with Crippen molar-refractivity contribution >= 4 is 11.9 Å². The van der Waals surface area contributed by atoms with Crippen molar-refractivity contribution in [1.82, 2.24) is 5.32 Å². The van der Waals surface area contributed by atoms with Gasteiger partial charge >= 0.3 is 5.97 Å². The van der Waals surface area contributed by atoms with Gasteiger partial charge in [0.05, 0.1) is 25.4 Å². The second-order valence-electron chi connectivity index (χ2n) is 27.4. The van der Waals surface area contributed by atoms with Gasteiger partial charge in [-0.25, -0.2) is 0 Å². The number of amides is 1. The van der Waals surface area contributed by atoms with Gasteiger partial charge in [-0.2, -0.15) is 0 Å². The fourth-order valence-corrected chi connectivity index (χ4v) is 12.7. The van der Waals surface area contributed by atoms with Gasteiger partial charge in [-0.1, -0.05) is 404 Å². The van der Waals surface area contributed by atoms with Gasteiger partial charge in [0.1, 0.15) is 0 Å². The summed E-state index contributed by atoms with van der Waals surface area (Å²) < 4.78 is 5.50. The van der Waals surface area contributed by atoms with Crippen LogP contribution < -0.4 is 5.32 Å². The zero-order valence-corrected chi connectivity index (χ0v) is 58.6. The molecular weight excluding hydrogens is 1050 g/mol. The lowest BCUT2D eigenvalue weighted by molar-refractivity contribution is -0.143. The maximum absolute atomic E-state index is 12.5. The summed E-state index contributed by atoms with van der Waals surface area (Å²) >= 11 is 0. The average molecular weight is 1210 g/mol. The molecule has 1 amide bonds. The summed E-state index contributed by atoms with van der Waals surface area (Å²) in [6, 6.07) is -0.625. The summed E-state index contributed by atoms with van der Waals surface area (Å²) in [6.07, 6.45) is 97.3. The fourth-order valence-electron chi connectivity index (χ4n) is 12.7. The Balaban J connectivity index is 3.34. The van der Waals surface area contributed by atoms with Crippen molar-refractivity contribution in [3.63, 3.8) is 0 Å². The number of allylic oxidation sites excluding steroid dienone is 3. The molecule has 6 heteroatoms. The number of ether oxygens (including phenoxy) is 1. The van der Waals surface area contributed by atoms with Crippen molar-refractivity contribution in [3.8, 4) is 0 Å². The van der Waals surface area contributed by atoms with Gasteiger partial charge in [0.15, 0.2) is 0 Å². The standard InChI is InChI=1S/C80H155NO5/c1-3-5-7-9-11-13-15-17-19-20-21-35-38-41-45-48-52-56-60-64-68-72-78(83)77(76-82)81-79(84)73-69-65-61-57-53-49-46-42-39-36-33-31-29-27-25-23-22-24-26-28-30-32-34-37-40-43-47-51-55-59-63-67-71-75-86-80(85)74-70-66-62-58-54-50-44-18-16-14-12-10-8-6-4-2/h18,44,68,72,77-78,82-83H,3-17,19-43,45-67,69-71,73-76H2,1-2H3,(H,81,84)/b44-18-,72-68+. The third-order valence-corrected chi connectivity index (χ3v) is 18.7. The van der Waals surface area contributed by atoms with Gasteiger partial charge < -0.3 is 20.3 Å². The van der Waals surface area contributed by atoms with Crippen LogP contribution in [0, 0.1) is 0 Å². The highest BCUT2D eigenvalue weighted by atomic mass is 16.5. The molecule has 0 aliphatic carbocycles. The number of hydrogen-bond acceptors (Lipinski definition) is 5. The number of carbonyl (C=O) groups is 2. The minimum atomic E-state index is -0.842. The number of carbonyl (C=O) groups excluding carboxylic acids is 2. The Morgan fingerprint density at radius 3 is 0.826 bits per heavy atom. The molecular formula is C80H155NO5. The first-order valence-electron chi connectivity index (χ1n) is 39.6. The first-order valence-corrected chi connectivity index (χ1v) is 39.6. The van der Waals surface area contributed by atoms with Crippen LogP contribution in [0.25, 0.3) is 0 Å². The van der Waals surface area contributed by atoms with Gasteiger partial charge in [-0.15, -0.1) is 0 Å². The van der Waals surface area contributed by atoms with E-state index in [9.17, 15) is 19.8 Å². The molecule has 0 radical (unpaired) electrons. The first-order chi connectivity index (χ1) is 42.5. The second-order valence-corrected chi connectivity index (χ2v) is 27.4. The van der Waals surface area contributed by atoms with E-state index in [0.717, 1.165) is 44.9 Å². The van der Waals surface area contributed by atoms with Crippen molar-refractivity contribution in [2.75, 3.05) is 13.2 Å². The number of aliphatic hydroxyl groups excluding tert-OH is 2. The largest absolute Gasteiger partial charge is 0.466 e. The Kier molecular flexibility index (Phi) is 74.3. The molecule has 2 atom stereocenters. The lowest BCUT2D eigenvalue weighted by atomic mass is 10.0. The maximum atomic E-state index is 12.5. The zero-order valence-electron chi connectivity index (χ0n) is 58.6. The molecule has 0 spiro atoms. The van der Waals surface area contributed by atoms with Crippen LogP contribution in [0.5, 0.6) is 0 Å². The van der Waals surface area contributed by atoms with Gasteiger partial charge in [0.2, 0.25) is 5.91 Å². The zero-order chi connectivity index (χ0) is 62.0. The normalized spacial score (nSPS) is 12.6. The number of esters is 1. The van der Waals surface area contributed by atoms with Crippen LogP contribution >= 0.6 is 0 Å². The lowest BCUT2D eigenvalue weighted by Crippen LogP contribution is -2.45.